The number of hydrogen-bond acceptors (Lipinski definition) is 4. The number of aliphatic carboxylic acids is 1. The van der Waals surface area contributed by atoms with Crippen LogP contribution in [0.1, 0.15) is 18.0 Å². The average Bonchev–Trinajstić information content (AvgIpc) is 2.35. The number of hydrogen-bond donors (Lipinski definition) is 4. The van der Waals surface area contributed by atoms with Gasteiger partial charge in [0.1, 0.15) is 0 Å². The van der Waals surface area contributed by atoms with Crippen molar-refractivity contribution in [1.82, 2.24) is 5.32 Å². The Morgan fingerprint density at radius 2 is 1.89 bits per heavy atom. The summed E-state index contributed by atoms with van der Waals surface area (Å²) in [5, 5.41) is 20.3. The van der Waals surface area contributed by atoms with Gasteiger partial charge in [-0.1, -0.05) is 30.3 Å². The van der Waals surface area contributed by atoms with E-state index in [0.717, 1.165) is 5.56 Å². The van der Waals surface area contributed by atoms with Crippen LogP contribution in [0.25, 0.3) is 0 Å². The fraction of sp³-hybridized carbons (Fsp3) is 0.333. The summed E-state index contributed by atoms with van der Waals surface area (Å²) < 4.78 is 0. The third-order valence-corrected chi connectivity index (χ3v) is 2.43. The summed E-state index contributed by atoms with van der Waals surface area (Å²) in [6, 6.07) is 7.17. The minimum atomic E-state index is -1.14. The van der Waals surface area contributed by atoms with Crippen molar-refractivity contribution in [3.8, 4) is 0 Å². The molecule has 0 aliphatic rings. The molecule has 0 saturated carbocycles. The first-order chi connectivity index (χ1) is 8.54. The van der Waals surface area contributed by atoms with Crippen LogP contribution >= 0.6 is 0 Å². The predicted molar refractivity (Wildman–Crippen MR) is 64.6 cm³/mol. The van der Waals surface area contributed by atoms with Crippen LogP contribution in [-0.4, -0.2) is 34.7 Å². The van der Waals surface area contributed by atoms with Crippen LogP contribution in [-0.2, 0) is 9.59 Å². The fourth-order valence-electron chi connectivity index (χ4n) is 1.48. The quantitative estimate of drug-likeness (QED) is 0.552. The topological polar surface area (TPSA) is 113 Å². The van der Waals surface area contributed by atoms with E-state index in [1.54, 1.807) is 24.3 Å². The van der Waals surface area contributed by atoms with Crippen molar-refractivity contribution in [1.29, 1.82) is 0 Å². The largest absolute Gasteiger partial charge is 0.481 e. The van der Waals surface area contributed by atoms with E-state index in [2.05, 4.69) is 5.32 Å². The lowest BCUT2D eigenvalue weighted by Gasteiger charge is -2.18. The maximum atomic E-state index is 11.6. The molecule has 18 heavy (non-hydrogen) atoms. The number of nitrogens with two attached hydrogens (primary N) is 1. The van der Waals surface area contributed by atoms with E-state index < -0.39 is 30.4 Å². The van der Waals surface area contributed by atoms with E-state index in [0.29, 0.717) is 0 Å². The first-order valence-electron chi connectivity index (χ1n) is 5.48. The van der Waals surface area contributed by atoms with Crippen molar-refractivity contribution in [2.75, 3.05) is 6.61 Å². The Morgan fingerprint density at radius 1 is 1.28 bits per heavy atom. The van der Waals surface area contributed by atoms with Gasteiger partial charge in [-0.3, -0.25) is 9.59 Å². The zero-order chi connectivity index (χ0) is 13.5. The van der Waals surface area contributed by atoms with E-state index >= 15 is 0 Å². The zero-order valence-corrected chi connectivity index (χ0v) is 9.74. The monoisotopic (exact) mass is 252 g/mol. The Morgan fingerprint density at radius 3 is 2.39 bits per heavy atom. The molecule has 0 aromatic heterocycles. The van der Waals surface area contributed by atoms with E-state index in [1.165, 1.54) is 0 Å². The average molecular weight is 252 g/mol. The lowest BCUT2D eigenvalue weighted by atomic mass is 10.1. The van der Waals surface area contributed by atoms with Crippen molar-refractivity contribution < 1.29 is 19.8 Å². The van der Waals surface area contributed by atoms with Crippen LogP contribution in [0.3, 0.4) is 0 Å². The molecule has 5 N–H and O–H groups in total. The Bertz CT molecular complexity index is 408. The standard InChI is InChI=1S/C12H16N2O4/c13-9(6-11(16)17)12(18)14-10(7-15)8-4-2-1-3-5-8/h1-5,9-10,15H,6-7,13H2,(H,14,18)(H,16,17)/t9?,10-/m1/s1. The second-order valence-corrected chi connectivity index (χ2v) is 3.86. The number of carboxylic acid groups (broad SMARTS) is 1. The number of carboxylic acids is 1. The number of carbonyl (C=O) groups is 2. The lowest BCUT2D eigenvalue weighted by Crippen LogP contribution is -2.44. The van der Waals surface area contributed by atoms with Gasteiger partial charge in [-0.05, 0) is 5.56 Å². The Labute approximate surface area is 104 Å². The van der Waals surface area contributed by atoms with Gasteiger partial charge in [-0.25, -0.2) is 0 Å². The SMILES string of the molecule is NC(CC(=O)O)C(=O)N[C@H](CO)c1ccccc1. The molecular weight excluding hydrogens is 236 g/mol. The summed E-state index contributed by atoms with van der Waals surface area (Å²) in [6.07, 6.45) is -0.446. The molecule has 1 amide bonds. The summed E-state index contributed by atoms with van der Waals surface area (Å²) >= 11 is 0. The number of rotatable bonds is 6. The lowest BCUT2D eigenvalue weighted by molar-refractivity contribution is -0.139. The van der Waals surface area contributed by atoms with Crippen LogP contribution in [0.2, 0.25) is 0 Å². The van der Waals surface area contributed by atoms with Gasteiger partial charge < -0.3 is 21.3 Å². The van der Waals surface area contributed by atoms with E-state index in [9.17, 15) is 14.7 Å². The molecule has 0 saturated heterocycles. The van der Waals surface area contributed by atoms with Crippen LogP contribution in [0.4, 0.5) is 0 Å². The molecule has 0 heterocycles. The van der Waals surface area contributed by atoms with Crippen LogP contribution in [0.15, 0.2) is 30.3 Å². The predicted octanol–water partition coefficient (Wildman–Crippen LogP) is -0.362. The zero-order valence-electron chi connectivity index (χ0n) is 9.74. The highest BCUT2D eigenvalue weighted by Gasteiger charge is 2.20. The summed E-state index contributed by atoms with van der Waals surface area (Å²) in [4.78, 5) is 22.0. The van der Waals surface area contributed by atoms with Crippen molar-refractivity contribution >= 4 is 11.9 Å². The molecule has 0 bridgehead atoms. The molecule has 0 radical (unpaired) electrons. The van der Waals surface area contributed by atoms with E-state index in [4.69, 9.17) is 10.8 Å². The molecule has 0 spiro atoms. The summed E-state index contributed by atoms with van der Waals surface area (Å²) in [7, 11) is 0. The normalized spacial score (nSPS) is 13.7. The second kappa shape index (κ2) is 6.73. The van der Waals surface area contributed by atoms with Crippen molar-refractivity contribution in [3.63, 3.8) is 0 Å². The number of aliphatic hydroxyl groups is 1. The van der Waals surface area contributed by atoms with E-state index in [1.807, 2.05) is 6.07 Å². The molecule has 6 nitrogen and oxygen atoms in total. The van der Waals surface area contributed by atoms with Crippen LogP contribution in [0.5, 0.6) is 0 Å². The van der Waals surface area contributed by atoms with Gasteiger partial charge in [0.15, 0.2) is 0 Å². The van der Waals surface area contributed by atoms with E-state index in [-0.39, 0.29) is 6.61 Å². The molecule has 1 rings (SSSR count). The van der Waals surface area contributed by atoms with Gasteiger partial charge in [-0.2, -0.15) is 0 Å². The highest BCUT2D eigenvalue weighted by molar-refractivity contribution is 5.86. The molecule has 98 valence electrons. The summed E-state index contributed by atoms with van der Waals surface area (Å²) in [5.41, 5.74) is 6.16. The second-order valence-electron chi connectivity index (χ2n) is 3.86. The number of aliphatic hydroxyl groups excluding tert-OH is 1. The first-order valence-corrected chi connectivity index (χ1v) is 5.48. The number of benzene rings is 1. The Kier molecular flexibility index (Phi) is 5.29. The molecule has 1 unspecified atom stereocenters. The molecule has 1 aromatic carbocycles. The molecule has 6 heteroatoms. The third-order valence-electron chi connectivity index (χ3n) is 2.43. The van der Waals surface area contributed by atoms with Crippen LogP contribution < -0.4 is 11.1 Å². The van der Waals surface area contributed by atoms with Crippen molar-refractivity contribution in [3.05, 3.63) is 35.9 Å². The maximum Gasteiger partial charge on any atom is 0.305 e. The van der Waals surface area contributed by atoms with Crippen molar-refractivity contribution in [2.24, 2.45) is 5.73 Å². The fourth-order valence-corrected chi connectivity index (χ4v) is 1.48. The highest BCUT2D eigenvalue weighted by atomic mass is 16.4. The van der Waals surface area contributed by atoms with Gasteiger partial charge in [0, 0.05) is 0 Å². The first kappa shape index (κ1) is 14.1. The van der Waals surface area contributed by atoms with Gasteiger partial charge in [0.05, 0.1) is 25.1 Å². The highest BCUT2D eigenvalue weighted by Crippen LogP contribution is 2.11. The van der Waals surface area contributed by atoms with Gasteiger partial charge in [0.25, 0.3) is 0 Å². The summed E-state index contributed by atoms with van der Waals surface area (Å²) in [5.74, 6) is -1.74. The van der Waals surface area contributed by atoms with Gasteiger partial charge in [0.2, 0.25) is 5.91 Å². The maximum absolute atomic E-state index is 11.6. The molecule has 2 atom stereocenters. The number of nitrogens with one attached hydrogen (secondary N) is 1. The molecular formula is C12H16N2O4. The minimum absolute atomic E-state index is 0.282. The smallest absolute Gasteiger partial charge is 0.305 e. The van der Waals surface area contributed by atoms with Crippen LogP contribution in [0, 0.1) is 0 Å². The number of amides is 1. The minimum Gasteiger partial charge on any atom is -0.481 e. The molecule has 1 aromatic rings. The third kappa shape index (κ3) is 4.15. The number of carbonyl (C=O) groups excluding carboxylic acids is 1. The Hall–Kier alpha value is -1.92. The van der Waals surface area contributed by atoms with Crippen molar-refractivity contribution in [2.45, 2.75) is 18.5 Å². The summed E-state index contributed by atoms with van der Waals surface area (Å²) in [6.45, 7) is -0.282. The molecule has 0 aliphatic heterocycles. The molecule has 0 fully saturated rings. The molecule has 0 aliphatic carbocycles. The Balaban J connectivity index is 2.64. The van der Waals surface area contributed by atoms with Gasteiger partial charge >= 0.3 is 5.97 Å². The van der Waals surface area contributed by atoms with Gasteiger partial charge in [-0.15, -0.1) is 0 Å².